The molecule has 3 saturated heterocycles. The molecule has 0 bridgehead atoms. The summed E-state index contributed by atoms with van der Waals surface area (Å²) in [5, 5.41) is 33.3. The standard InChI is InChI=1S/C28H30ClFN6O4.C26H26ClFN4O2.C26H24ClFN4O2/c1-34(2)22(38)7-12-40-28-32-25-20(26(33-28)35-8-10-36(11-9-35)27(31)39)15-21(29)23(24(25)30)19-14-17(37)13-16-5-3-4-6-18(16)19;2*1-2-5-22(34)31-8-10-32(11-9-31)26-20-14-21(27)23(24(28)25(20)29-15-30-26)19-13-17(33)12-16-6-3-4-7-18(16)19/h3-6,14-15,19,37H,7-13H2,1-2H3,(H2,31,39);3-4,6-7,13-15,19,33H,2,5,8-12H2,1H3;2-7,13-15,19,33H,8-12H2,1H3/b;;5-2+/t3*19-/m111/s1. The first-order valence-corrected chi connectivity index (χ1v) is 36.9. The van der Waals surface area contributed by atoms with E-state index < -0.39 is 41.2 Å². The lowest BCUT2D eigenvalue weighted by molar-refractivity contribution is -0.131. The Hall–Kier alpha value is -10.8. The van der Waals surface area contributed by atoms with E-state index in [1.54, 1.807) is 67.6 Å². The van der Waals surface area contributed by atoms with Crippen molar-refractivity contribution in [3.05, 3.63) is 234 Å². The molecule has 22 nitrogen and oxygen atoms in total. The lowest BCUT2D eigenvalue weighted by atomic mass is 9.82. The van der Waals surface area contributed by atoms with Crippen molar-refractivity contribution in [1.29, 1.82) is 0 Å². The monoisotopic (exact) mass is 1530 g/mol. The number of nitrogens with two attached hydrogens (primary N) is 1. The third-order valence-corrected chi connectivity index (χ3v) is 21.3. The Morgan fingerprint density at radius 2 is 0.926 bits per heavy atom. The molecule has 6 heterocycles. The van der Waals surface area contributed by atoms with Gasteiger partial charge >= 0.3 is 12.0 Å². The Balaban J connectivity index is 0.000000143. The summed E-state index contributed by atoms with van der Waals surface area (Å²) in [6.45, 7) is 10.0. The molecule has 6 aromatic carbocycles. The van der Waals surface area contributed by atoms with E-state index in [2.05, 4.69) is 34.8 Å². The van der Waals surface area contributed by atoms with E-state index in [-0.39, 0.29) is 91.2 Å². The summed E-state index contributed by atoms with van der Waals surface area (Å²) in [5.74, 6) is -1.18. The van der Waals surface area contributed by atoms with E-state index in [0.29, 0.717) is 149 Å². The number of amides is 5. The number of aliphatic hydroxyl groups is 3. The fraction of sp³-hybridized carbons (Fsp3) is 0.325. The van der Waals surface area contributed by atoms with Crippen molar-refractivity contribution < 1.29 is 52.4 Å². The molecule has 6 aliphatic rings. The number of aliphatic hydroxyl groups excluding tert-OH is 3. The van der Waals surface area contributed by atoms with Crippen LogP contribution in [0.25, 0.3) is 32.7 Å². The third-order valence-electron chi connectivity index (χ3n) is 20.4. The molecule has 0 radical (unpaired) electrons. The number of aromatic nitrogens is 6. The van der Waals surface area contributed by atoms with Crippen LogP contribution in [0, 0.1) is 17.5 Å². The number of fused-ring (bicyclic) bond motifs is 6. The van der Waals surface area contributed by atoms with Gasteiger partial charge in [0.1, 0.15) is 53.3 Å². The molecular formula is C80H80Cl3F3N14O8. The molecule has 3 aliphatic heterocycles. The van der Waals surface area contributed by atoms with Crippen LogP contribution in [0.15, 0.2) is 151 Å². The predicted octanol–water partition coefficient (Wildman–Crippen LogP) is 13.4. The molecular weight excluding hydrogens is 1450 g/mol. The van der Waals surface area contributed by atoms with E-state index >= 15 is 13.2 Å². The fourth-order valence-electron chi connectivity index (χ4n) is 14.9. The second-order valence-electron chi connectivity index (χ2n) is 27.3. The number of allylic oxidation sites excluding steroid dienone is 7. The molecule has 3 fully saturated rings. The smallest absolute Gasteiger partial charge is 0.319 e. The average Bonchev–Trinajstić information content (AvgIpc) is 0.752. The lowest BCUT2D eigenvalue weighted by Gasteiger charge is -2.36. The molecule has 0 unspecified atom stereocenters. The van der Waals surface area contributed by atoms with Crippen molar-refractivity contribution in [3.8, 4) is 6.01 Å². The third kappa shape index (κ3) is 15.7. The molecule has 15 rings (SSSR count). The maximum atomic E-state index is 16.5. The maximum absolute atomic E-state index is 16.5. The number of carbonyl (C=O) groups is 4. The summed E-state index contributed by atoms with van der Waals surface area (Å²) in [5.41, 5.74) is 12.1. The Kier molecular flexibility index (Phi) is 22.9. The van der Waals surface area contributed by atoms with Gasteiger partial charge in [0.2, 0.25) is 17.7 Å². The highest BCUT2D eigenvalue weighted by Gasteiger charge is 2.35. The number of ether oxygens (including phenoxy) is 1. The zero-order valence-electron chi connectivity index (χ0n) is 59.9. The zero-order valence-corrected chi connectivity index (χ0v) is 62.2. The topological polar surface area (TPSA) is 264 Å². The average molecular weight is 1530 g/mol. The first-order valence-electron chi connectivity index (χ1n) is 35.8. The van der Waals surface area contributed by atoms with Crippen molar-refractivity contribution in [2.75, 3.05) is 114 Å². The summed E-state index contributed by atoms with van der Waals surface area (Å²) < 4.78 is 54.2. The highest BCUT2D eigenvalue weighted by Crippen LogP contribution is 2.46. The van der Waals surface area contributed by atoms with Crippen LogP contribution in [0.1, 0.15) is 101 Å². The summed E-state index contributed by atoms with van der Waals surface area (Å²) in [6.07, 6.45) is 13.6. The SMILES string of the molecule is C/C=C/C(=O)N1CCN(c2ncnc3c(F)c([C@@H]4C=C(O)Cc5ccccc54)c(Cl)cc23)CC1.CCCC(=O)N1CCN(c2ncnc3c(F)c([C@@H]4C=C(O)Cc5ccccc54)c(Cl)cc23)CC1.CN(C)C(=O)CCOc1nc(N2CCN(C(N)=O)CC2)c2cc(Cl)c([C@@H]3C=C(O)Cc4ccccc43)c(F)c2n1. The van der Waals surface area contributed by atoms with Gasteiger partial charge < -0.3 is 60.1 Å². The molecule has 108 heavy (non-hydrogen) atoms. The summed E-state index contributed by atoms with van der Waals surface area (Å²) in [4.78, 5) is 87.0. The first kappa shape index (κ1) is 75.5. The Bertz CT molecular complexity index is 5120. The highest BCUT2D eigenvalue weighted by atomic mass is 35.5. The minimum Gasteiger partial charge on any atom is -0.512 e. The van der Waals surface area contributed by atoms with Crippen LogP contribution in [-0.2, 0) is 33.6 Å². The van der Waals surface area contributed by atoms with Gasteiger partial charge in [-0.1, -0.05) is 121 Å². The number of carbonyl (C=O) groups excluding carboxylic acids is 4. The number of halogens is 6. The molecule has 0 spiro atoms. The van der Waals surface area contributed by atoms with Gasteiger partial charge in [-0.15, -0.1) is 0 Å². The number of nitrogens with zero attached hydrogens (tertiary/aromatic N) is 13. The van der Waals surface area contributed by atoms with E-state index in [4.69, 9.17) is 45.3 Å². The molecule has 3 atom stereocenters. The first-order chi connectivity index (χ1) is 52.1. The van der Waals surface area contributed by atoms with Gasteiger partial charge in [-0.2, -0.15) is 9.97 Å². The number of anilines is 3. The van der Waals surface area contributed by atoms with E-state index in [9.17, 15) is 34.5 Å². The van der Waals surface area contributed by atoms with Crippen LogP contribution < -0.4 is 25.2 Å². The fourth-order valence-corrected chi connectivity index (χ4v) is 15.9. The van der Waals surface area contributed by atoms with Crippen molar-refractivity contribution in [3.63, 3.8) is 0 Å². The van der Waals surface area contributed by atoms with Gasteiger partial charge in [0.25, 0.3) is 0 Å². The molecule has 560 valence electrons. The summed E-state index contributed by atoms with van der Waals surface area (Å²) in [6, 6.07) is 27.3. The predicted molar refractivity (Wildman–Crippen MR) is 411 cm³/mol. The number of piperazine rings is 3. The molecule has 0 saturated carbocycles. The molecule has 3 aromatic heterocycles. The number of hydrogen-bond acceptors (Lipinski definition) is 17. The van der Waals surface area contributed by atoms with E-state index in [1.807, 2.05) is 101 Å². The Labute approximate surface area is 636 Å². The minimum absolute atomic E-state index is 0.00604. The quantitative estimate of drug-likeness (QED) is 0.0782. The molecule has 5 N–H and O–H groups in total. The van der Waals surface area contributed by atoms with Gasteiger partial charge in [0, 0.05) is 184 Å². The number of hydrogen-bond donors (Lipinski definition) is 4. The molecule has 28 heteroatoms. The lowest BCUT2D eigenvalue weighted by Crippen LogP contribution is -2.50. The molecule has 3 aliphatic carbocycles. The molecule has 9 aromatic rings. The number of rotatable bonds is 13. The second-order valence-corrected chi connectivity index (χ2v) is 28.6. The normalized spacial score (nSPS) is 17.7. The van der Waals surface area contributed by atoms with Crippen molar-refractivity contribution in [1.82, 2.24) is 49.5 Å². The van der Waals surface area contributed by atoms with Gasteiger partial charge in [0.05, 0.1) is 23.7 Å². The van der Waals surface area contributed by atoms with Gasteiger partial charge in [-0.05, 0) is 89.2 Å². The van der Waals surface area contributed by atoms with Crippen LogP contribution in [0.2, 0.25) is 15.1 Å². The van der Waals surface area contributed by atoms with Gasteiger partial charge in [0.15, 0.2) is 17.5 Å². The van der Waals surface area contributed by atoms with Crippen molar-refractivity contribution in [2.24, 2.45) is 5.73 Å². The number of urea groups is 1. The maximum Gasteiger partial charge on any atom is 0.319 e. The van der Waals surface area contributed by atoms with Crippen molar-refractivity contribution >= 4 is 109 Å². The zero-order chi connectivity index (χ0) is 76.2. The van der Waals surface area contributed by atoms with E-state index in [0.717, 1.165) is 39.8 Å². The van der Waals surface area contributed by atoms with Gasteiger partial charge in [-0.3, -0.25) is 14.4 Å². The molecule has 5 amide bonds. The number of benzene rings is 6. The van der Waals surface area contributed by atoms with Crippen LogP contribution in [-0.4, -0.2) is 188 Å². The Morgan fingerprint density at radius 1 is 0.537 bits per heavy atom. The second kappa shape index (κ2) is 32.8. The Morgan fingerprint density at radius 3 is 1.33 bits per heavy atom. The van der Waals surface area contributed by atoms with Crippen LogP contribution in [0.4, 0.5) is 35.4 Å². The van der Waals surface area contributed by atoms with Crippen molar-refractivity contribution in [2.45, 2.75) is 70.1 Å². The van der Waals surface area contributed by atoms with Gasteiger partial charge in [-0.25, -0.2) is 37.9 Å². The summed E-state index contributed by atoms with van der Waals surface area (Å²) in [7, 11) is 3.30. The summed E-state index contributed by atoms with van der Waals surface area (Å²) >= 11 is 20.1. The van der Waals surface area contributed by atoms with E-state index in [1.165, 1.54) is 22.5 Å². The van der Waals surface area contributed by atoms with Crippen LogP contribution >= 0.6 is 34.8 Å². The van der Waals surface area contributed by atoms with Crippen LogP contribution in [0.3, 0.4) is 0 Å². The highest BCUT2D eigenvalue weighted by molar-refractivity contribution is 6.33. The largest absolute Gasteiger partial charge is 0.512 e. The number of primary amides is 1. The minimum atomic E-state index is -0.651. The van der Waals surface area contributed by atoms with Crippen LogP contribution in [0.5, 0.6) is 6.01 Å².